The molecule has 1 atom stereocenters. The number of nitriles is 1. The number of allylic oxidation sites excluding steroid dienone is 3. The third-order valence-electron chi connectivity index (χ3n) is 9.63. The molecule has 5 aliphatic carbocycles. The number of nitrogens with two attached hydrogens (primary N) is 1. The highest BCUT2D eigenvalue weighted by atomic mass is 16.5. The van der Waals surface area contributed by atoms with Crippen molar-refractivity contribution < 1.29 is 9.53 Å². The third-order valence-corrected chi connectivity index (χ3v) is 9.63. The molecule has 0 radical (unpaired) electrons. The minimum absolute atomic E-state index is 0.0519. The second-order valence-corrected chi connectivity index (χ2v) is 13.1. The average molecular weight is 495 g/mol. The van der Waals surface area contributed by atoms with Gasteiger partial charge in [0.15, 0.2) is 5.78 Å². The Labute approximate surface area is 218 Å². The van der Waals surface area contributed by atoms with E-state index >= 15 is 0 Å². The molecule has 190 valence electrons. The summed E-state index contributed by atoms with van der Waals surface area (Å²) in [4.78, 5) is 13.7. The van der Waals surface area contributed by atoms with Gasteiger partial charge < -0.3 is 10.5 Å². The van der Waals surface area contributed by atoms with E-state index in [1.54, 1.807) is 0 Å². The number of aromatic nitrogens is 2. The molecule has 4 saturated carbocycles. The largest absolute Gasteiger partial charge is 0.444 e. The van der Waals surface area contributed by atoms with E-state index in [9.17, 15) is 10.1 Å². The van der Waals surface area contributed by atoms with Crippen molar-refractivity contribution in [2.75, 3.05) is 0 Å². The van der Waals surface area contributed by atoms with Gasteiger partial charge >= 0.3 is 0 Å². The second-order valence-electron chi connectivity index (χ2n) is 13.1. The Kier molecular flexibility index (Phi) is 4.84. The SMILES string of the molecule is CC1(C)CC(=O)C2=C(C1)OC(N)=C(C#N)[C@H]2c1cc(-c2ccccc2)nn1C12CC3CC(CC(C3)C1)C2. The highest BCUT2D eigenvalue weighted by Crippen LogP contribution is 2.60. The maximum absolute atomic E-state index is 13.7. The quantitative estimate of drug-likeness (QED) is 0.571. The van der Waals surface area contributed by atoms with Crippen molar-refractivity contribution in [3.63, 3.8) is 0 Å². The molecule has 8 rings (SSSR count). The van der Waals surface area contributed by atoms with E-state index in [0.29, 0.717) is 29.7 Å². The van der Waals surface area contributed by atoms with Crippen molar-refractivity contribution >= 4 is 5.78 Å². The minimum atomic E-state index is -0.546. The first-order valence-electron chi connectivity index (χ1n) is 13.7. The van der Waals surface area contributed by atoms with Crippen LogP contribution in [0.15, 0.2) is 59.2 Å². The fourth-order valence-electron chi connectivity index (χ4n) is 8.64. The van der Waals surface area contributed by atoms with Gasteiger partial charge in [-0.1, -0.05) is 44.2 Å². The summed E-state index contributed by atoms with van der Waals surface area (Å²) in [6.45, 7) is 4.17. The maximum atomic E-state index is 13.7. The van der Waals surface area contributed by atoms with E-state index in [0.717, 1.165) is 54.0 Å². The molecule has 0 amide bonds. The van der Waals surface area contributed by atoms with Crippen LogP contribution in [-0.2, 0) is 15.1 Å². The van der Waals surface area contributed by atoms with Crippen LogP contribution in [0.1, 0.15) is 76.8 Å². The van der Waals surface area contributed by atoms with Gasteiger partial charge in [-0.2, -0.15) is 10.4 Å². The van der Waals surface area contributed by atoms with Gasteiger partial charge in [0, 0.05) is 24.0 Å². The molecule has 6 aliphatic rings. The molecule has 4 bridgehead atoms. The molecule has 0 unspecified atom stereocenters. The number of hydrogen-bond donors (Lipinski definition) is 1. The van der Waals surface area contributed by atoms with E-state index in [4.69, 9.17) is 15.6 Å². The molecule has 6 nitrogen and oxygen atoms in total. The number of nitrogens with zero attached hydrogens (tertiary/aromatic N) is 3. The molecular formula is C31H34N4O2. The number of ether oxygens (including phenoxy) is 1. The zero-order chi connectivity index (χ0) is 25.5. The standard InChI is InChI=1S/C31H34N4O2/c1-30(2)15-25(36)28-26(16-30)37-29(33)22(17-32)27(28)24-11-23(21-6-4-3-5-7-21)34-35(24)31-12-18-8-19(13-31)10-20(9-18)14-31/h3-7,11,18-20,27H,8-10,12-16,33H2,1-2H3/t18?,19?,20?,27-,31?/m0/s1. The number of hydrogen-bond acceptors (Lipinski definition) is 5. The second kappa shape index (κ2) is 7.84. The molecule has 2 aromatic rings. The van der Waals surface area contributed by atoms with Crippen LogP contribution in [-0.4, -0.2) is 15.6 Å². The molecule has 6 heteroatoms. The molecule has 0 saturated heterocycles. The first-order chi connectivity index (χ1) is 17.7. The van der Waals surface area contributed by atoms with Crippen molar-refractivity contribution in [3.8, 4) is 17.3 Å². The van der Waals surface area contributed by atoms with Gasteiger partial charge in [0.05, 0.1) is 22.8 Å². The molecule has 1 aliphatic heterocycles. The van der Waals surface area contributed by atoms with Crippen LogP contribution in [0, 0.1) is 34.5 Å². The predicted molar refractivity (Wildman–Crippen MR) is 140 cm³/mol. The molecule has 1 aromatic heterocycles. The van der Waals surface area contributed by atoms with E-state index in [2.05, 4.69) is 42.8 Å². The van der Waals surface area contributed by atoms with E-state index in [-0.39, 0.29) is 22.6 Å². The Hall–Kier alpha value is -3.33. The van der Waals surface area contributed by atoms with Gasteiger partial charge in [-0.3, -0.25) is 9.48 Å². The Morgan fingerprint density at radius 3 is 2.32 bits per heavy atom. The zero-order valence-electron chi connectivity index (χ0n) is 21.7. The average Bonchev–Trinajstić information content (AvgIpc) is 3.28. The summed E-state index contributed by atoms with van der Waals surface area (Å²) in [6, 6.07) is 14.7. The Balaban J connectivity index is 1.45. The third kappa shape index (κ3) is 3.50. The number of carbonyl (C=O) groups is 1. The minimum Gasteiger partial charge on any atom is -0.444 e. The van der Waals surface area contributed by atoms with Crippen LogP contribution in [0.5, 0.6) is 0 Å². The lowest BCUT2D eigenvalue weighted by molar-refractivity contribution is -0.119. The topological polar surface area (TPSA) is 93.9 Å². The zero-order valence-corrected chi connectivity index (χ0v) is 21.7. The number of rotatable bonds is 3. The number of ketones is 1. The molecule has 37 heavy (non-hydrogen) atoms. The van der Waals surface area contributed by atoms with Crippen LogP contribution in [0.2, 0.25) is 0 Å². The van der Waals surface area contributed by atoms with Crippen LogP contribution in [0.25, 0.3) is 11.3 Å². The number of benzene rings is 1. The van der Waals surface area contributed by atoms with Crippen molar-refractivity contribution in [3.05, 3.63) is 64.9 Å². The predicted octanol–water partition coefficient (Wildman–Crippen LogP) is 5.93. The summed E-state index contributed by atoms with van der Waals surface area (Å²) >= 11 is 0. The lowest BCUT2D eigenvalue weighted by atomic mass is 9.53. The first kappa shape index (κ1) is 22.8. The van der Waals surface area contributed by atoms with E-state index < -0.39 is 5.92 Å². The molecule has 0 spiro atoms. The number of Topliss-reactive ketones (excluding diaryl/α,β-unsaturated/α-hetero) is 1. The molecule has 2 heterocycles. The Morgan fingerprint density at radius 2 is 1.70 bits per heavy atom. The van der Waals surface area contributed by atoms with Crippen molar-refractivity contribution in [1.82, 2.24) is 9.78 Å². The lowest BCUT2D eigenvalue weighted by Crippen LogP contribution is -2.53. The van der Waals surface area contributed by atoms with Crippen LogP contribution >= 0.6 is 0 Å². The maximum Gasteiger partial charge on any atom is 0.205 e. The summed E-state index contributed by atoms with van der Waals surface area (Å²) in [5.74, 6) is 2.47. The van der Waals surface area contributed by atoms with Crippen molar-refractivity contribution in [1.29, 1.82) is 5.26 Å². The first-order valence-corrected chi connectivity index (χ1v) is 13.7. The van der Waals surface area contributed by atoms with Crippen LogP contribution < -0.4 is 5.73 Å². The highest BCUT2D eigenvalue weighted by molar-refractivity contribution is 6.00. The fraction of sp³-hybridized carbons (Fsp3) is 0.516. The molecule has 4 fully saturated rings. The van der Waals surface area contributed by atoms with Gasteiger partial charge in [-0.25, -0.2) is 0 Å². The van der Waals surface area contributed by atoms with Gasteiger partial charge in [0.1, 0.15) is 17.4 Å². The summed E-state index contributed by atoms with van der Waals surface area (Å²) in [7, 11) is 0. The Morgan fingerprint density at radius 1 is 1.05 bits per heavy atom. The molecule has 1 aromatic carbocycles. The normalized spacial score (nSPS) is 33.8. The van der Waals surface area contributed by atoms with Gasteiger partial charge in [-0.05, 0) is 67.8 Å². The van der Waals surface area contributed by atoms with Gasteiger partial charge in [-0.15, -0.1) is 0 Å². The van der Waals surface area contributed by atoms with Crippen molar-refractivity contribution in [2.24, 2.45) is 28.9 Å². The smallest absolute Gasteiger partial charge is 0.205 e. The summed E-state index contributed by atoms with van der Waals surface area (Å²) < 4.78 is 8.26. The molecular weight excluding hydrogens is 460 g/mol. The highest BCUT2D eigenvalue weighted by Gasteiger charge is 2.54. The van der Waals surface area contributed by atoms with E-state index in [1.807, 2.05) is 18.2 Å². The Bertz CT molecular complexity index is 1370. The fourth-order valence-corrected chi connectivity index (χ4v) is 8.64. The number of carbonyl (C=O) groups excluding carboxylic acids is 1. The molecule has 2 N–H and O–H groups in total. The monoisotopic (exact) mass is 494 g/mol. The summed E-state index contributed by atoms with van der Waals surface area (Å²) in [5.41, 5.74) is 9.91. The van der Waals surface area contributed by atoms with Gasteiger partial charge in [0.25, 0.3) is 0 Å². The van der Waals surface area contributed by atoms with E-state index in [1.165, 1.54) is 19.3 Å². The van der Waals surface area contributed by atoms with Gasteiger partial charge in [0.2, 0.25) is 5.88 Å². The summed E-state index contributed by atoms with van der Waals surface area (Å²) in [6.07, 6.45) is 8.42. The van der Waals surface area contributed by atoms with Crippen LogP contribution in [0.4, 0.5) is 0 Å². The lowest BCUT2D eigenvalue weighted by Gasteiger charge is -2.57. The van der Waals surface area contributed by atoms with Crippen molar-refractivity contribution in [2.45, 2.75) is 76.7 Å². The summed E-state index contributed by atoms with van der Waals surface area (Å²) in [5, 5.41) is 15.6. The van der Waals surface area contributed by atoms with Crippen LogP contribution in [0.3, 0.4) is 0 Å².